The molecule has 0 radical (unpaired) electrons. The number of rotatable bonds is 6. The van der Waals surface area contributed by atoms with Gasteiger partial charge in [0.2, 0.25) is 5.89 Å². The standard InChI is InChI=1S/C24H19N3O3S/c1-29-17-12-10-16(11-13-17)14-27-23(28)18-6-2-3-7-19(18)26-24(27)31-15-22-25-20-8-4-5-9-21(20)30-22/h2-13H,14-15H2,1H3. The van der Waals surface area contributed by atoms with Gasteiger partial charge in [-0.05, 0) is 42.0 Å². The monoisotopic (exact) mass is 429 g/mol. The van der Waals surface area contributed by atoms with Crippen LogP contribution < -0.4 is 10.3 Å². The van der Waals surface area contributed by atoms with Gasteiger partial charge < -0.3 is 9.15 Å². The molecule has 0 N–H and O–H groups in total. The number of hydrogen-bond donors (Lipinski definition) is 0. The summed E-state index contributed by atoms with van der Waals surface area (Å²) in [5.41, 5.74) is 3.17. The number of fused-ring (bicyclic) bond motifs is 2. The van der Waals surface area contributed by atoms with Crippen LogP contribution in [0.5, 0.6) is 5.75 Å². The van der Waals surface area contributed by atoms with E-state index in [9.17, 15) is 4.79 Å². The van der Waals surface area contributed by atoms with E-state index in [0.29, 0.717) is 34.2 Å². The largest absolute Gasteiger partial charge is 0.497 e. The lowest BCUT2D eigenvalue weighted by Crippen LogP contribution is -2.24. The Morgan fingerprint density at radius 2 is 1.68 bits per heavy atom. The molecule has 0 fully saturated rings. The highest BCUT2D eigenvalue weighted by Gasteiger charge is 2.14. The van der Waals surface area contributed by atoms with Crippen LogP contribution in [0.2, 0.25) is 0 Å². The van der Waals surface area contributed by atoms with Gasteiger partial charge in [0.25, 0.3) is 5.56 Å². The molecule has 154 valence electrons. The van der Waals surface area contributed by atoms with E-state index in [1.165, 1.54) is 11.8 Å². The van der Waals surface area contributed by atoms with Crippen LogP contribution in [0.1, 0.15) is 11.5 Å². The van der Waals surface area contributed by atoms with Crippen LogP contribution >= 0.6 is 11.8 Å². The number of nitrogens with zero attached hydrogens (tertiary/aromatic N) is 3. The zero-order chi connectivity index (χ0) is 21.2. The number of aromatic nitrogens is 3. The Kier molecular flexibility index (Phi) is 5.18. The van der Waals surface area contributed by atoms with Gasteiger partial charge in [0.05, 0.1) is 30.3 Å². The lowest BCUT2D eigenvalue weighted by molar-refractivity contribution is 0.414. The van der Waals surface area contributed by atoms with Gasteiger partial charge in [-0.15, -0.1) is 0 Å². The first-order chi connectivity index (χ1) is 15.2. The maximum atomic E-state index is 13.3. The van der Waals surface area contributed by atoms with Gasteiger partial charge in [-0.2, -0.15) is 0 Å². The minimum absolute atomic E-state index is 0.0681. The number of para-hydroxylation sites is 3. The molecule has 0 unspecified atom stereocenters. The van der Waals surface area contributed by atoms with Crippen molar-refractivity contribution >= 4 is 33.8 Å². The van der Waals surface area contributed by atoms with Crippen LogP contribution in [0.15, 0.2) is 87.2 Å². The van der Waals surface area contributed by atoms with Crippen molar-refractivity contribution in [2.24, 2.45) is 0 Å². The van der Waals surface area contributed by atoms with E-state index in [1.54, 1.807) is 11.7 Å². The van der Waals surface area contributed by atoms with Gasteiger partial charge in [0.1, 0.15) is 11.3 Å². The topological polar surface area (TPSA) is 70.2 Å². The third kappa shape index (κ3) is 3.92. The summed E-state index contributed by atoms with van der Waals surface area (Å²) in [6, 6.07) is 22.8. The van der Waals surface area contributed by atoms with Crippen LogP contribution in [-0.4, -0.2) is 21.6 Å². The molecule has 5 rings (SSSR count). The summed E-state index contributed by atoms with van der Waals surface area (Å²) in [6.45, 7) is 0.413. The van der Waals surface area contributed by atoms with Crippen molar-refractivity contribution in [2.75, 3.05) is 7.11 Å². The molecule has 2 heterocycles. The molecular formula is C24H19N3O3S. The van der Waals surface area contributed by atoms with Gasteiger partial charge in [0, 0.05) is 0 Å². The first-order valence-corrected chi connectivity index (χ1v) is 10.8. The zero-order valence-corrected chi connectivity index (χ0v) is 17.6. The summed E-state index contributed by atoms with van der Waals surface area (Å²) in [7, 11) is 1.63. The quantitative estimate of drug-likeness (QED) is 0.283. The molecule has 0 bridgehead atoms. The molecular weight excluding hydrogens is 410 g/mol. The van der Waals surface area contributed by atoms with E-state index in [-0.39, 0.29) is 5.56 Å². The van der Waals surface area contributed by atoms with Gasteiger partial charge in [-0.1, -0.05) is 48.2 Å². The average Bonchev–Trinajstić information content (AvgIpc) is 3.23. The molecule has 0 spiro atoms. The van der Waals surface area contributed by atoms with Crippen molar-refractivity contribution in [3.63, 3.8) is 0 Å². The van der Waals surface area contributed by atoms with Crippen molar-refractivity contribution in [1.29, 1.82) is 0 Å². The fraction of sp³-hybridized carbons (Fsp3) is 0.125. The van der Waals surface area contributed by atoms with Gasteiger partial charge in [-0.25, -0.2) is 9.97 Å². The first kappa shape index (κ1) is 19.4. The predicted molar refractivity (Wildman–Crippen MR) is 122 cm³/mol. The molecule has 31 heavy (non-hydrogen) atoms. The SMILES string of the molecule is COc1ccc(Cn2c(SCc3nc4ccccc4o3)nc3ccccc3c2=O)cc1. The minimum Gasteiger partial charge on any atom is -0.497 e. The summed E-state index contributed by atoms with van der Waals surface area (Å²) >= 11 is 1.44. The second-order valence-corrected chi connectivity index (χ2v) is 7.96. The van der Waals surface area contributed by atoms with E-state index in [2.05, 4.69) is 4.98 Å². The molecule has 0 saturated heterocycles. The molecule has 3 aromatic carbocycles. The molecule has 0 aliphatic heterocycles. The van der Waals surface area contributed by atoms with Crippen molar-refractivity contribution < 1.29 is 9.15 Å². The molecule has 0 atom stereocenters. The normalized spacial score (nSPS) is 11.3. The molecule has 0 aliphatic carbocycles. The van der Waals surface area contributed by atoms with Crippen molar-refractivity contribution in [3.05, 3.63) is 94.6 Å². The summed E-state index contributed by atoms with van der Waals surface area (Å²) < 4.78 is 12.8. The van der Waals surface area contributed by atoms with Crippen LogP contribution in [0.25, 0.3) is 22.0 Å². The van der Waals surface area contributed by atoms with E-state index in [4.69, 9.17) is 14.1 Å². The van der Waals surface area contributed by atoms with Gasteiger partial charge in [-0.3, -0.25) is 9.36 Å². The molecule has 5 aromatic rings. The van der Waals surface area contributed by atoms with Crippen LogP contribution in [0, 0.1) is 0 Å². The molecule has 0 saturated carbocycles. The second kappa shape index (κ2) is 8.28. The summed E-state index contributed by atoms with van der Waals surface area (Å²) in [6.07, 6.45) is 0. The third-order valence-corrected chi connectivity index (χ3v) is 5.95. The Morgan fingerprint density at radius 3 is 2.45 bits per heavy atom. The number of methoxy groups -OCH3 is 1. The molecule has 0 aliphatic rings. The Hall–Kier alpha value is -3.58. The van der Waals surface area contributed by atoms with E-state index >= 15 is 0 Å². The number of hydrogen-bond acceptors (Lipinski definition) is 6. The highest BCUT2D eigenvalue weighted by atomic mass is 32.2. The minimum atomic E-state index is -0.0681. The van der Waals surface area contributed by atoms with Crippen LogP contribution in [0.3, 0.4) is 0 Å². The summed E-state index contributed by atoms with van der Waals surface area (Å²) in [5.74, 6) is 1.85. The van der Waals surface area contributed by atoms with Crippen molar-refractivity contribution in [1.82, 2.24) is 14.5 Å². The van der Waals surface area contributed by atoms with Crippen molar-refractivity contribution in [2.45, 2.75) is 17.5 Å². The maximum absolute atomic E-state index is 13.3. The Morgan fingerprint density at radius 1 is 0.935 bits per heavy atom. The van der Waals surface area contributed by atoms with Crippen LogP contribution in [0.4, 0.5) is 0 Å². The fourth-order valence-electron chi connectivity index (χ4n) is 3.42. The zero-order valence-electron chi connectivity index (χ0n) is 16.8. The summed E-state index contributed by atoms with van der Waals surface area (Å²) in [4.78, 5) is 22.6. The molecule has 0 amide bonds. The number of benzene rings is 3. The highest BCUT2D eigenvalue weighted by Crippen LogP contribution is 2.25. The van der Waals surface area contributed by atoms with Crippen molar-refractivity contribution in [3.8, 4) is 5.75 Å². The average molecular weight is 430 g/mol. The third-order valence-electron chi connectivity index (χ3n) is 4.99. The Balaban J connectivity index is 1.51. The smallest absolute Gasteiger partial charge is 0.262 e. The lowest BCUT2D eigenvalue weighted by atomic mass is 10.2. The fourth-order valence-corrected chi connectivity index (χ4v) is 4.26. The highest BCUT2D eigenvalue weighted by molar-refractivity contribution is 7.98. The first-order valence-electron chi connectivity index (χ1n) is 9.81. The number of ether oxygens (including phenoxy) is 1. The maximum Gasteiger partial charge on any atom is 0.262 e. The van der Waals surface area contributed by atoms with Gasteiger partial charge >= 0.3 is 0 Å². The van der Waals surface area contributed by atoms with Gasteiger partial charge in [0.15, 0.2) is 10.7 Å². The number of oxazole rings is 1. The Bertz CT molecular complexity index is 1390. The van der Waals surface area contributed by atoms with E-state index < -0.39 is 0 Å². The molecule has 6 nitrogen and oxygen atoms in total. The second-order valence-electron chi connectivity index (χ2n) is 7.01. The molecule has 2 aromatic heterocycles. The summed E-state index contributed by atoms with van der Waals surface area (Å²) in [5, 5.41) is 1.23. The number of thioether (sulfide) groups is 1. The predicted octanol–water partition coefficient (Wildman–Crippen LogP) is 4.89. The van der Waals surface area contributed by atoms with E-state index in [0.717, 1.165) is 22.4 Å². The Labute approximate surface area is 182 Å². The van der Waals surface area contributed by atoms with Crippen LogP contribution in [-0.2, 0) is 12.3 Å². The lowest BCUT2D eigenvalue weighted by Gasteiger charge is -2.13. The molecule has 7 heteroatoms. The van der Waals surface area contributed by atoms with E-state index in [1.807, 2.05) is 72.8 Å².